The van der Waals surface area contributed by atoms with Crippen LogP contribution in [0.1, 0.15) is 38.8 Å². The molecule has 6 nitrogen and oxygen atoms in total. The molecule has 1 unspecified atom stereocenters. The van der Waals surface area contributed by atoms with E-state index >= 15 is 0 Å². The van der Waals surface area contributed by atoms with Crippen LogP contribution in [0.4, 0.5) is 4.39 Å². The quantitative estimate of drug-likeness (QED) is 0.790. The van der Waals surface area contributed by atoms with Crippen LogP contribution in [-0.4, -0.2) is 36.6 Å². The first-order chi connectivity index (χ1) is 10.6. The predicted octanol–water partition coefficient (Wildman–Crippen LogP) is 0.829. The second-order valence-electron chi connectivity index (χ2n) is 6.08. The fraction of sp³-hybridized carbons (Fsp3) is 0.533. The molecule has 0 radical (unpaired) electrons. The molecule has 128 valence electrons. The molecule has 1 aromatic rings. The van der Waals surface area contributed by atoms with E-state index in [0.717, 1.165) is 4.31 Å². The molecule has 1 aromatic carbocycles. The van der Waals surface area contributed by atoms with Gasteiger partial charge < -0.3 is 14.6 Å². The first-order valence-electron chi connectivity index (χ1n) is 7.23. The van der Waals surface area contributed by atoms with Gasteiger partial charge in [-0.25, -0.2) is 12.8 Å². The van der Waals surface area contributed by atoms with E-state index in [9.17, 15) is 22.7 Å². The van der Waals surface area contributed by atoms with Gasteiger partial charge in [0, 0.05) is 12.0 Å². The van der Waals surface area contributed by atoms with Crippen molar-refractivity contribution in [3.05, 3.63) is 29.6 Å². The number of hydrogen-bond acceptors (Lipinski definition) is 5. The van der Waals surface area contributed by atoms with Crippen molar-refractivity contribution in [2.75, 3.05) is 12.3 Å². The van der Waals surface area contributed by atoms with E-state index in [4.69, 9.17) is 4.74 Å². The molecule has 0 N–H and O–H groups in total. The number of carboxylic acids is 1. The molecule has 0 aromatic heterocycles. The number of fused-ring (bicyclic) bond motifs is 1. The van der Waals surface area contributed by atoms with Crippen molar-refractivity contribution >= 4 is 16.0 Å². The number of halogens is 1. The summed E-state index contributed by atoms with van der Waals surface area (Å²) in [5.74, 6) is -1.96. The average Bonchev–Trinajstić information content (AvgIpc) is 2.43. The van der Waals surface area contributed by atoms with Gasteiger partial charge in [0.1, 0.15) is 17.2 Å². The van der Waals surface area contributed by atoms with E-state index in [2.05, 4.69) is 0 Å². The number of rotatable bonds is 5. The second-order valence-corrected chi connectivity index (χ2v) is 8.29. The lowest BCUT2D eigenvalue weighted by molar-refractivity contribution is -0.305. The minimum absolute atomic E-state index is 0.204. The SMILES string of the molecule is CCS(=O)(=O)N(CC(=O)[O-])C1CC(C)(C)Oc2ccc(F)cc21. The number of hydrogen-bond donors (Lipinski definition) is 0. The maximum Gasteiger partial charge on any atom is 0.214 e. The highest BCUT2D eigenvalue weighted by atomic mass is 32.2. The van der Waals surface area contributed by atoms with Crippen LogP contribution in [0.2, 0.25) is 0 Å². The Hall–Kier alpha value is -1.67. The van der Waals surface area contributed by atoms with Gasteiger partial charge in [-0.1, -0.05) is 0 Å². The molecule has 0 saturated carbocycles. The van der Waals surface area contributed by atoms with E-state index < -0.39 is 40.0 Å². The maximum atomic E-state index is 13.6. The average molecular weight is 344 g/mol. The van der Waals surface area contributed by atoms with Crippen molar-refractivity contribution in [2.24, 2.45) is 0 Å². The van der Waals surface area contributed by atoms with Crippen molar-refractivity contribution in [3.63, 3.8) is 0 Å². The third-order valence-corrected chi connectivity index (χ3v) is 5.58. The molecule has 8 heteroatoms. The highest BCUT2D eigenvalue weighted by Gasteiger charge is 2.40. The van der Waals surface area contributed by atoms with E-state index in [0.29, 0.717) is 11.3 Å². The van der Waals surface area contributed by atoms with Crippen molar-refractivity contribution in [1.29, 1.82) is 0 Å². The number of aliphatic carboxylic acids is 1. The topological polar surface area (TPSA) is 86.7 Å². The fourth-order valence-electron chi connectivity index (χ4n) is 2.74. The lowest BCUT2D eigenvalue weighted by Gasteiger charge is -2.42. The Morgan fingerprint density at radius 3 is 2.70 bits per heavy atom. The molecule has 0 amide bonds. The third-order valence-electron chi connectivity index (χ3n) is 3.76. The third kappa shape index (κ3) is 3.81. The van der Waals surface area contributed by atoms with Crippen molar-refractivity contribution in [3.8, 4) is 5.75 Å². The minimum Gasteiger partial charge on any atom is -0.549 e. The van der Waals surface area contributed by atoms with E-state index in [1.165, 1.54) is 25.1 Å². The molecule has 1 aliphatic heterocycles. The summed E-state index contributed by atoms with van der Waals surface area (Å²) in [6.45, 7) is 4.17. The summed E-state index contributed by atoms with van der Waals surface area (Å²) in [5, 5.41) is 11.0. The van der Waals surface area contributed by atoms with Gasteiger partial charge in [-0.3, -0.25) is 0 Å². The van der Waals surface area contributed by atoms with Crippen LogP contribution in [0.5, 0.6) is 5.75 Å². The Morgan fingerprint density at radius 1 is 1.48 bits per heavy atom. The van der Waals surface area contributed by atoms with Crippen molar-refractivity contribution in [1.82, 2.24) is 4.31 Å². The van der Waals surface area contributed by atoms with Crippen LogP contribution in [0.25, 0.3) is 0 Å². The molecule has 0 saturated heterocycles. The Morgan fingerprint density at radius 2 is 2.13 bits per heavy atom. The van der Waals surface area contributed by atoms with Crippen LogP contribution in [0.3, 0.4) is 0 Å². The monoisotopic (exact) mass is 344 g/mol. The molecule has 0 aliphatic carbocycles. The Labute approximate surface area is 134 Å². The largest absolute Gasteiger partial charge is 0.549 e. The Balaban J connectivity index is 2.58. The first-order valence-corrected chi connectivity index (χ1v) is 8.84. The number of benzene rings is 1. The van der Waals surface area contributed by atoms with Gasteiger partial charge in [0.2, 0.25) is 10.0 Å². The summed E-state index contributed by atoms with van der Waals surface area (Å²) in [6, 6.07) is 3.00. The van der Waals surface area contributed by atoms with Gasteiger partial charge >= 0.3 is 0 Å². The molecule has 23 heavy (non-hydrogen) atoms. The normalized spacial score (nSPS) is 20.0. The summed E-state index contributed by atoms with van der Waals surface area (Å²) in [6.07, 6.45) is 0.204. The van der Waals surface area contributed by atoms with E-state index in [1.54, 1.807) is 13.8 Å². The zero-order chi connectivity index (χ0) is 17.4. The molecule has 2 rings (SSSR count). The van der Waals surface area contributed by atoms with Gasteiger partial charge in [0.05, 0.1) is 24.3 Å². The van der Waals surface area contributed by atoms with Gasteiger partial charge in [0.15, 0.2) is 0 Å². The van der Waals surface area contributed by atoms with Gasteiger partial charge in [-0.15, -0.1) is 0 Å². The molecule has 0 bridgehead atoms. The maximum absolute atomic E-state index is 13.6. The van der Waals surface area contributed by atoms with Crippen LogP contribution in [0.15, 0.2) is 18.2 Å². The zero-order valence-electron chi connectivity index (χ0n) is 13.2. The van der Waals surface area contributed by atoms with Crippen molar-refractivity contribution in [2.45, 2.75) is 38.8 Å². The summed E-state index contributed by atoms with van der Waals surface area (Å²) in [5.41, 5.74) is -0.397. The summed E-state index contributed by atoms with van der Waals surface area (Å²) in [4.78, 5) is 11.0. The molecule has 0 fully saturated rings. The minimum atomic E-state index is -3.83. The van der Waals surface area contributed by atoms with Gasteiger partial charge in [-0.2, -0.15) is 4.31 Å². The second kappa shape index (κ2) is 6.09. The van der Waals surface area contributed by atoms with Crippen LogP contribution >= 0.6 is 0 Å². The van der Waals surface area contributed by atoms with Crippen LogP contribution in [0, 0.1) is 5.82 Å². The Kier molecular flexibility index (Phi) is 4.68. The number of carbonyl (C=O) groups is 1. The molecule has 1 atom stereocenters. The number of sulfonamides is 1. The van der Waals surface area contributed by atoms with Crippen LogP contribution in [-0.2, 0) is 14.8 Å². The molecule has 1 aliphatic rings. The zero-order valence-corrected chi connectivity index (χ0v) is 14.0. The molecule has 0 spiro atoms. The van der Waals surface area contributed by atoms with Crippen LogP contribution < -0.4 is 9.84 Å². The smallest absolute Gasteiger partial charge is 0.214 e. The van der Waals surface area contributed by atoms with Gasteiger partial charge in [0.25, 0.3) is 0 Å². The summed E-state index contributed by atoms with van der Waals surface area (Å²) in [7, 11) is -3.83. The number of carbonyl (C=O) groups excluding carboxylic acids is 1. The lowest BCUT2D eigenvalue weighted by Crippen LogP contribution is -2.48. The molecule has 1 heterocycles. The first kappa shape index (κ1) is 17.7. The fourth-order valence-corrected chi connectivity index (χ4v) is 3.95. The molecular formula is C15H19FNO5S-. The lowest BCUT2D eigenvalue weighted by atomic mass is 9.89. The van der Waals surface area contributed by atoms with E-state index in [-0.39, 0.29) is 12.2 Å². The van der Waals surface area contributed by atoms with Gasteiger partial charge in [-0.05, 0) is 39.0 Å². The predicted molar refractivity (Wildman–Crippen MR) is 79.6 cm³/mol. The van der Waals surface area contributed by atoms with E-state index in [1.807, 2.05) is 0 Å². The number of nitrogens with zero attached hydrogens (tertiary/aromatic N) is 1. The number of carboxylic acid groups (broad SMARTS) is 1. The highest BCUT2D eigenvalue weighted by molar-refractivity contribution is 7.89. The highest BCUT2D eigenvalue weighted by Crippen LogP contribution is 2.43. The summed E-state index contributed by atoms with van der Waals surface area (Å²) >= 11 is 0. The number of ether oxygens (including phenoxy) is 1. The summed E-state index contributed by atoms with van der Waals surface area (Å²) < 4.78 is 44.9. The van der Waals surface area contributed by atoms with Crippen molar-refractivity contribution < 1.29 is 27.4 Å². The standard InChI is InChI=1S/C15H20FNO5S/c1-4-23(20,21)17(9-14(18)19)12-8-15(2,3)22-13-6-5-10(16)7-11(12)13/h5-7,12H,4,8-9H2,1-3H3,(H,18,19)/p-1. The Bertz CT molecular complexity index is 717. The molecular weight excluding hydrogens is 325 g/mol.